The van der Waals surface area contributed by atoms with Crippen molar-refractivity contribution >= 4 is 34.8 Å². The SMILES string of the molecule is CC(C)C1CC12CCC1(CC2)NC(=O)c2c(Cl)cc(Nc3cc(N)ncn3)c(=O)n21. The molecule has 4 N–H and O–H groups in total. The van der Waals surface area contributed by atoms with E-state index in [0.717, 1.165) is 31.6 Å². The number of nitrogens with two attached hydrogens (primary N) is 1. The number of amides is 1. The van der Waals surface area contributed by atoms with Crippen molar-refractivity contribution in [2.75, 3.05) is 11.1 Å². The van der Waals surface area contributed by atoms with Crippen molar-refractivity contribution in [3.05, 3.63) is 39.5 Å². The normalized spacial score (nSPS) is 29.3. The average molecular weight is 429 g/mol. The van der Waals surface area contributed by atoms with E-state index in [1.54, 1.807) is 4.57 Å². The summed E-state index contributed by atoms with van der Waals surface area (Å²) in [5.74, 6) is 1.79. The molecule has 9 heteroatoms. The molecule has 1 amide bonds. The van der Waals surface area contributed by atoms with Crippen molar-refractivity contribution in [3.63, 3.8) is 0 Å². The number of rotatable bonds is 3. The molecule has 2 aliphatic carbocycles. The van der Waals surface area contributed by atoms with Crippen LogP contribution in [-0.4, -0.2) is 20.4 Å². The van der Waals surface area contributed by atoms with E-state index in [4.69, 9.17) is 17.3 Å². The highest BCUT2D eigenvalue weighted by atomic mass is 35.5. The second kappa shape index (κ2) is 6.44. The third-order valence-electron chi connectivity index (χ3n) is 7.23. The molecule has 8 nitrogen and oxygen atoms in total. The molecule has 1 atom stereocenters. The third-order valence-corrected chi connectivity index (χ3v) is 7.51. The molecule has 2 spiro atoms. The van der Waals surface area contributed by atoms with Gasteiger partial charge in [0, 0.05) is 6.07 Å². The van der Waals surface area contributed by atoms with Gasteiger partial charge in [-0.3, -0.25) is 14.2 Å². The number of nitrogens with zero attached hydrogens (tertiary/aromatic N) is 3. The van der Waals surface area contributed by atoms with Crippen LogP contribution < -0.4 is 21.9 Å². The fourth-order valence-corrected chi connectivity index (χ4v) is 5.88. The van der Waals surface area contributed by atoms with Gasteiger partial charge in [0.05, 0.1) is 5.02 Å². The second-order valence-corrected chi connectivity index (χ2v) is 9.66. The van der Waals surface area contributed by atoms with Gasteiger partial charge >= 0.3 is 0 Å². The number of nitrogen functional groups attached to an aromatic ring is 1. The number of aromatic nitrogens is 3. The number of hydrogen-bond acceptors (Lipinski definition) is 6. The van der Waals surface area contributed by atoms with Crippen LogP contribution in [0.3, 0.4) is 0 Å². The van der Waals surface area contributed by atoms with Crippen molar-refractivity contribution in [1.82, 2.24) is 19.9 Å². The Morgan fingerprint density at radius 3 is 2.60 bits per heavy atom. The fourth-order valence-electron chi connectivity index (χ4n) is 5.61. The van der Waals surface area contributed by atoms with Crippen LogP contribution >= 0.6 is 11.6 Å². The molecular formula is C21H25ClN6O2. The first-order valence-electron chi connectivity index (χ1n) is 10.4. The molecule has 0 radical (unpaired) electrons. The molecule has 1 unspecified atom stereocenters. The Balaban J connectivity index is 1.52. The fraction of sp³-hybridized carbons (Fsp3) is 0.524. The van der Waals surface area contributed by atoms with Crippen molar-refractivity contribution in [3.8, 4) is 0 Å². The lowest BCUT2D eigenvalue weighted by Gasteiger charge is -2.39. The maximum atomic E-state index is 13.4. The van der Waals surface area contributed by atoms with Gasteiger partial charge in [-0.2, -0.15) is 0 Å². The van der Waals surface area contributed by atoms with Crippen LogP contribution in [0.5, 0.6) is 0 Å². The monoisotopic (exact) mass is 428 g/mol. The number of carbonyl (C=O) groups is 1. The van der Waals surface area contributed by atoms with Crippen molar-refractivity contribution in [2.24, 2.45) is 17.3 Å². The molecule has 158 valence electrons. The number of pyridine rings is 1. The van der Waals surface area contributed by atoms with E-state index in [1.807, 2.05) is 0 Å². The summed E-state index contributed by atoms with van der Waals surface area (Å²) in [6.45, 7) is 4.55. The topological polar surface area (TPSA) is 115 Å². The van der Waals surface area contributed by atoms with Crippen LogP contribution in [0.4, 0.5) is 17.3 Å². The standard InChI is InChI=1S/C21H25ClN6O2/c1-11(2)12-9-20(12)3-5-21(6-4-20)27-18(29)17-13(22)7-14(19(30)28(17)21)26-16-8-15(23)24-10-25-16/h7-8,10-12H,3-6,9H2,1-2H3,(H,27,29)(H3,23,24,25,26). The Morgan fingerprint density at radius 2 is 1.97 bits per heavy atom. The summed E-state index contributed by atoms with van der Waals surface area (Å²) < 4.78 is 1.57. The van der Waals surface area contributed by atoms with E-state index in [2.05, 4.69) is 34.4 Å². The Morgan fingerprint density at radius 1 is 1.23 bits per heavy atom. The van der Waals surface area contributed by atoms with Gasteiger partial charge in [0.1, 0.15) is 35.0 Å². The highest BCUT2D eigenvalue weighted by Gasteiger charge is 2.60. The van der Waals surface area contributed by atoms with E-state index in [9.17, 15) is 9.59 Å². The molecule has 5 rings (SSSR count). The van der Waals surface area contributed by atoms with E-state index < -0.39 is 5.66 Å². The Labute approximate surface area is 179 Å². The highest BCUT2D eigenvalue weighted by Crippen LogP contribution is 2.66. The summed E-state index contributed by atoms with van der Waals surface area (Å²) in [7, 11) is 0. The van der Waals surface area contributed by atoms with Crippen LogP contribution in [0.25, 0.3) is 0 Å². The summed E-state index contributed by atoms with van der Waals surface area (Å²) in [5, 5.41) is 6.31. The maximum Gasteiger partial charge on any atom is 0.276 e. The van der Waals surface area contributed by atoms with Gasteiger partial charge in [0.15, 0.2) is 0 Å². The lowest BCUT2D eigenvalue weighted by atomic mass is 9.77. The first-order valence-corrected chi connectivity index (χ1v) is 10.8. The summed E-state index contributed by atoms with van der Waals surface area (Å²) in [5.41, 5.74) is 5.56. The number of halogens is 1. The molecule has 0 saturated heterocycles. The van der Waals surface area contributed by atoms with Crippen LogP contribution in [0.15, 0.2) is 23.3 Å². The molecule has 2 aromatic heterocycles. The summed E-state index contributed by atoms with van der Waals surface area (Å²) in [4.78, 5) is 34.2. The van der Waals surface area contributed by atoms with E-state index in [0.29, 0.717) is 17.2 Å². The predicted molar refractivity (Wildman–Crippen MR) is 115 cm³/mol. The van der Waals surface area contributed by atoms with Crippen molar-refractivity contribution in [1.29, 1.82) is 0 Å². The van der Waals surface area contributed by atoms with E-state index >= 15 is 0 Å². The quantitative estimate of drug-likeness (QED) is 0.691. The first kappa shape index (κ1) is 19.4. The zero-order valence-corrected chi connectivity index (χ0v) is 17.8. The highest BCUT2D eigenvalue weighted by molar-refractivity contribution is 6.34. The first-order chi connectivity index (χ1) is 14.2. The molecule has 3 aliphatic rings. The minimum atomic E-state index is -0.717. The van der Waals surface area contributed by atoms with Crippen molar-refractivity contribution < 1.29 is 4.79 Å². The average Bonchev–Trinajstić information content (AvgIpc) is 3.33. The molecule has 1 aliphatic heterocycles. The predicted octanol–water partition coefficient (Wildman–Crippen LogP) is 3.25. The van der Waals surface area contributed by atoms with Gasteiger partial charge in [0.2, 0.25) is 0 Å². The largest absolute Gasteiger partial charge is 0.384 e. The van der Waals surface area contributed by atoms with Crippen LogP contribution in [0, 0.1) is 17.3 Å². The smallest absolute Gasteiger partial charge is 0.276 e. The molecule has 30 heavy (non-hydrogen) atoms. The zero-order valence-electron chi connectivity index (χ0n) is 17.0. The van der Waals surface area contributed by atoms with Gasteiger partial charge in [-0.1, -0.05) is 25.4 Å². The number of fused-ring (bicyclic) bond motifs is 2. The van der Waals surface area contributed by atoms with Gasteiger partial charge in [-0.25, -0.2) is 9.97 Å². The van der Waals surface area contributed by atoms with Crippen molar-refractivity contribution in [2.45, 2.75) is 51.6 Å². The molecule has 3 heterocycles. The molecular weight excluding hydrogens is 404 g/mol. The molecule has 2 saturated carbocycles. The number of nitrogens with one attached hydrogen (secondary N) is 2. The minimum Gasteiger partial charge on any atom is -0.384 e. The molecule has 0 aromatic carbocycles. The zero-order chi connectivity index (χ0) is 21.3. The second-order valence-electron chi connectivity index (χ2n) is 9.25. The number of carbonyl (C=O) groups excluding carboxylic acids is 1. The Bertz CT molecular complexity index is 1100. The lowest BCUT2D eigenvalue weighted by molar-refractivity contribution is 0.0797. The van der Waals surface area contributed by atoms with Gasteiger partial charge < -0.3 is 16.4 Å². The van der Waals surface area contributed by atoms with Crippen LogP contribution in [-0.2, 0) is 5.66 Å². The summed E-state index contributed by atoms with van der Waals surface area (Å²) in [6, 6.07) is 3.01. The minimum absolute atomic E-state index is 0.236. The van der Waals surface area contributed by atoms with Gasteiger partial charge in [-0.05, 0) is 55.4 Å². The van der Waals surface area contributed by atoms with Crippen LogP contribution in [0.1, 0.15) is 56.4 Å². The summed E-state index contributed by atoms with van der Waals surface area (Å²) in [6.07, 6.45) is 6.02. The van der Waals surface area contributed by atoms with E-state index in [-0.39, 0.29) is 33.7 Å². The lowest BCUT2D eigenvalue weighted by Crippen LogP contribution is -2.50. The van der Waals surface area contributed by atoms with Gasteiger partial charge in [0.25, 0.3) is 11.5 Å². The Kier molecular flexibility index (Phi) is 4.16. The van der Waals surface area contributed by atoms with Crippen LogP contribution in [0.2, 0.25) is 5.02 Å². The third kappa shape index (κ3) is 2.80. The Hall–Kier alpha value is -2.61. The van der Waals surface area contributed by atoms with Gasteiger partial charge in [-0.15, -0.1) is 0 Å². The number of hydrogen-bond donors (Lipinski definition) is 3. The molecule has 2 fully saturated rings. The number of anilines is 3. The van der Waals surface area contributed by atoms with E-state index in [1.165, 1.54) is 24.9 Å². The summed E-state index contributed by atoms with van der Waals surface area (Å²) >= 11 is 6.46. The maximum absolute atomic E-state index is 13.4. The molecule has 0 bridgehead atoms. The molecule has 2 aromatic rings.